The summed E-state index contributed by atoms with van der Waals surface area (Å²) in [6, 6.07) is 9.94. The normalized spacial score (nSPS) is 28.7. The highest BCUT2D eigenvalue weighted by atomic mass is 16.7. The number of hydrogen-bond donors (Lipinski definition) is 1. The fourth-order valence-electron chi connectivity index (χ4n) is 1.50. The maximum atomic E-state index is 5.86. The molecular weight excluding hydrogens is 166 g/mol. The monoisotopic (exact) mass is 179 g/mol. The fraction of sp³-hybridized carbons (Fsp3) is 0.400. The topological polar surface area (TPSA) is 44.5 Å². The van der Waals surface area contributed by atoms with Gasteiger partial charge >= 0.3 is 0 Å². The lowest BCUT2D eigenvalue weighted by Crippen LogP contribution is -2.39. The van der Waals surface area contributed by atoms with E-state index in [1.807, 2.05) is 30.3 Å². The van der Waals surface area contributed by atoms with Crippen molar-refractivity contribution in [1.29, 1.82) is 0 Å². The lowest BCUT2D eigenvalue weighted by atomic mass is 10.0. The van der Waals surface area contributed by atoms with Crippen molar-refractivity contribution in [3.05, 3.63) is 35.9 Å². The molecule has 1 aromatic rings. The molecule has 0 bridgehead atoms. The van der Waals surface area contributed by atoms with E-state index in [2.05, 4.69) is 0 Å². The molecule has 70 valence electrons. The summed E-state index contributed by atoms with van der Waals surface area (Å²) in [4.78, 5) is 0. The highest BCUT2D eigenvalue weighted by molar-refractivity contribution is 5.19. The molecule has 0 unspecified atom stereocenters. The zero-order chi connectivity index (χ0) is 9.10. The molecule has 0 aromatic heterocycles. The van der Waals surface area contributed by atoms with E-state index >= 15 is 0 Å². The Hall–Kier alpha value is -0.900. The quantitative estimate of drug-likeness (QED) is 0.701. The molecule has 0 spiro atoms. The predicted molar refractivity (Wildman–Crippen MR) is 49.1 cm³/mol. The Kier molecular flexibility index (Phi) is 2.59. The van der Waals surface area contributed by atoms with Crippen LogP contribution in [0.3, 0.4) is 0 Å². The van der Waals surface area contributed by atoms with E-state index < -0.39 is 0 Å². The summed E-state index contributed by atoms with van der Waals surface area (Å²) in [5.41, 5.74) is 6.98. The summed E-state index contributed by atoms with van der Waals surface area (Å²) in [6.07, 6.45) is -0.0186. The van der Waals surface area contributed by atoms with Crippen molar-refractivity contribution in [3.63, 3.8) is 0 Å². The van der Waals surface area contributed by atoms with Crippen LogP contribution in [0.1, 0.15) is 11.7 Å². The molecule has 0 radical (unpaired) electrons. The minimum absolute atomic E-state index is 0.0186. The van der Waals surface area contributed by atoms with Crippen LogP contribution in [0.5, 0.6) is 0 Å². The van der Waals surface area contributed by atoms with Gasteiger partial charge in [-0.3, -0.25) is 0 Å². The van der Waals surface area contributed by atoms with Crippen molar-refractivity contribution >= 4 is 0 Å². The third kappa shape index (κ3) is 1.88. The van der Waals surface area contributed by atoms with Crippen molar-refractivity contribution < 1.29 is 9.47 Å². The van der Waals surface area contributed by atoms with E-state index in [1.54, 1.807) is 0 Å². The Morgan fingerprint density at radius 2 is 2.00 bits per heavy atom. The SMILES string of the molecule is N[C@@H]1COCO[C@H]1c1ccccc1. The molecule has 1 aromatic carbocycles. The average Bonchev–Trinajstić information content (AvgIpc) is 2.20. The highest BCUT2D eigenvalue weighted by Crippen LogP contribution is 2.22. The van der Waals surface area contributed by atoms with Crippen LogP contribution in [0.25, 0.3) is 0 Å². The van der Waals surface area contributed by atoms with Gasteiger partial charge in [0.15, 0.2) is 0 Å². The van der Waals surface area contributed by atoms with E-state index in [0.29, 0.717) is 13.4 Å². The molecule has 3 heteroatoms. The van der Waals surface area contributed by atoms with Crippen LogP contribution < -0.4 is 5.73 Å². The van der Waals surface area contributed by atoms with Gasteiger partial charge in [0.25, 0.3) is 0 Å². The Morgan fingerprint density at radius 3 is 2.69 bits per heavy atom. The van der Waals surface area contributed by atoms with Gasteiger partial charge in [-0.1, -0.05) is 30.3 Å². The van der Waals surface area contributed by atoms with Gasteiger partial charge in [-0.25, -0.2) is 0 Å². The minimum atomic E-state index is -0.0591. The number of nitrogens with two attached hydrogens (primary N) is 1. The Balaban J connectivity index is 2.15. The molecule has 2 rings (SSSR count). The second-order valence-corrected chi connectivity index (χ2v) is 3.15. The molecule has 0 aliphatic carbocycles. The second kappa shape index (κ2) is 3.87. The molecule has 3 nitrogen and oxygen atoms in total. The number of benzene rings is 1. The lowest BCUT2D eigenvalue weighted by Gasteiger charge is -2.29. The zero-order valence-corrected chi connectivity index (χ0v) is 7.35. The van der Waals surface area contributed by atoms with E-state index in [0.717, 1.165) is 5.56 Å². The van der Waals surface area contributed by atoms with Gasteiger partial charge in [0.05, 0.1) is 12.6 Å². The Bertz CT molecular complexity index is 263. The fourth-order valence-corrected chi connectivity index (χ4v) is 1.50. The van der Waals surface area contributed by atoms with Gasteiger partial charge in [-0.15, -0.1) is 0 Å². The highest BCUT2D eigenvalue weighted by Gasteiger charge is 2.24. The third-order valence-electron chi connectivity index (χ3n) is 2.16. The molecular formula is C10H13NO2. The van der Waals surface area contributed by atoms with Crippen LogP contribution in [-0.4, -0.2) is 19.4 Å². The predicted octanol–water partition coefficient (Wildman–Crippen LogP) is 1.06. The lowest BCUT2D eigenvalue weighted by molar-refractivity contribution is -0.151. The van der Waals surface area contributed by atoms with E-state index in [1.165, 1.54) is 0 Å². The first kappa shape index (κ1) is 8.69. The van der Waals surface area contributed by atoms with Crippen molar-refractivity contribution in [1.82, 2.24) is 0 Å². The molecule has 13 heavy (non-hydrogen) atoms. The number of ether oxygens (including phenoxy) is 2. The van der Waals surface area contributed by atoms with Gasteiger partial charge < -0.3 is 15.2 Å². The molecule has 2 atom stereocenters. The third-order valence-corrected chi connectivity index (χ3v) is 2.16. The van der Waals surface area contributed by atoms with Crippen LogP contribution in [0, 0.1) is 0 Å². The summed E-state index contributed by atoms with van der Waals surface area (Å²) >= 11 is 0. The standard InChI is InChI=1S/C10H13NO2/c11-9-6-12-7-13-10(9)8-4-2-1-3-5-8/h1-5,9-10H,6-7,11H2/t9-,10+/m1/s1. The molecule has 0 amide bonds. The van der Waals surface area contributed by atoms with Gasteiger partial charge in [0.2, 0.25) is 0 Å². The minimum Gasteiger partial charge on any atom is -0.354 e. The van der Waals surface area contributed by atoms with Crippen LogP contribution >= 0.6 is 0 Å². The average molecular weight is 179 g/mol. The van der Waals surface area contributed by atoms with E-state index in [-0.39, 0.29) is 12.1 Å². The van der Waals surface area contributed by atoms with E-state index in [9.17, 15) is 0 Å². The second-order valence-electron chi connectivity index (χ2n) is 3.15. The van der Waals surface area contributed by atoms with Crippen molar-refractivity contribution in [2.75, 3.05) is 13.4 Å². The Morgan fingerprint density at radius 1 is 1.23 bits per heavy atom. The van der Waals surface area contributed by atoms with Crippen molar-refractivity contribution in [2.24, 2.45) is 5.73 Å². The van der Waals surface area contributed by atoms with Gasteiger partial charge in [0, 0.05) is 0 Å². The van der Waals surface area contributed by atoms with Crippen molar-refractivity contribution in [3.8, 4) is 0 Å². The zero-order valence-electron chi connectivity index (χ0n) is 7.35. The number of rotatable bonds is 1. The maximum absolute atomic E-state index is 5.86. The first-order chi connectivity index (χ1) is 6.38. The Labute approximate surface area is 77.5 Å². The summed E-state index contributed by atoms with van der Waals surface area (Å²) < 4.78 is 10.5. The smallest absolute Gasteiger partial charge is 0.147 e. The summed E-state index contributed by atoms with van der Waals surface area (Å²) in [5, 5.41) is 0. The molecule has 2 N–H and O–H groups in total. The molecule has 1 aliphatic heterocycles. The summed E-state index contributed by atoms with van der Waals surface area (Å²) in [7, 11) is 0. The molecule has 1 saturated heterocycles. The largest absolute Gasteiger partial charge is 0.354 e. The van der Waals surface area contributed by atoms with Gasteiger partial charge in [-0.05, 0) is 5.56 Å². The summed E-state index contributed by atoms with van der Waals surface area (Å²) in [5.74, 6) is 0. The van der Waals surface area contributed by atoms with Crippen LogP contribution in [0.15, 0.2) is 30.3 Å². The van der Waals surface area contributed by atoms with Gasteiger partial charge in [0.1, 0.15) is 12.9 Å². The van der Waals surface area contributed by atoms with Crippen LogP contribution in [-0.2, 0) is 9.47 Å². The first-order valence-corrected chi connectivity index (χ1v) is 4.38. The summed E-state index contributed by atoms with van der Waals surface area (Å²) in [6.45, 7) is 0.910. The van der Waals surface area contributed by atoms with Gasteiger partial charge in [-0.2, -0.15) is 0 Å². The number of hydrogen-bond acceptors (Lipinski definition) is 3. The maximum Gasteiger partial charge on any atom is 0.147 e. The molecule has 1 fully saturated rings. The van der Waals surface area contributed by atoms with Crippen molar-refractivity contribution in [2.45, 2.75) is 12.1 Å². The van der Waals surface area contributed by atoms with Crippen LogP contribution in [0.4, 0.5) is 0 Å². The van der Waals surface area contributed by atoms with Crippen LogP contribution in [0.2, 0.25) is 0 Å². The molecule has 1 heterocycles. The van der Waals surface area contributed by atoms with E-state index in [4.69, 9.17) is 15.2 Å². The molecule has 0 saturated carbocycles. The molecule has 1 aliphatic rings. The first-order valence-electron chi connectivity index (χ1n) is 4.38.